The number of nitrogens with zero attached hydrogens (tertiary/aromatic N) is 8. The van der Waals surface area contributed by atoms with Gasteiger partial charge in [-0.1, -0.05) is 0 Å². The molecule has 0 bridgehead atoms. The van der Waals surface area contributed by atoms with Gasteiger partial charge >= 0.3 is 5.69 Å². The molecule has 208 valence electrons. The van der Waals surface area contributed by atoms with Crippen molar-refractivity contribution in [2.24, 2.45) is 0 Å². The van der Waals surface area contributed by atoms with Crippen LogP contribution in [0.25, 0.3) is 33.2 Å². The van der Waals surface area contributed by atoms with Crippen molar-refractivity contribution in [3.63, 3.8) is 0 Å². The summed E-state index contributed by atoms with van der Waals surface area (Å²) in [5.41, 5.74) is 1.80. The quantitative estimate of drug-likeness (QED) is 0.355. The number of nitrogens with one attached hydrogen (secondary N) is 1. The molecule has 6 rings (SSSR count). The number of aromatic amines is 1. The number of piperazine rings is 1. The Morgan fingerprint density at radius 3 is 2.42 bits per heavy atom. The molecule has 0 saturated carbocycles. The smallest absolute Gasteiger partial charge is 0.329 e. The molecular weight excluding hydrogens is 514 g/mol. The molecule has 0 aromatic carbocycles. The summed E-state index contributed by atoms with van der Waals surface area (Å²) in [6.45, 7) is 4.65. The van der Waals surface area contributed by atoms with Crippen LogP contribution in [0.1, 0.15) is 18.9 Å². The lowest BCUT2D eigenvalue weighted by molar-refractivity contribution is -0.136. The molecule has 4 aromatic heterocycles. The number of likely N-dealkylation sites (tertiary alicyclic amines) is 1. The number of aromatic nitrogens is 6. The van der Waals surface area contributed by atoms with Gasteiger partial charge in [-0.2, -0.15) is 0 Å². The molecule has 13 nitrogen and oxygen atoms in total. The van der Waals surface area contributed by atoms with Crippen LogP contribution in [0.15, 0.2) is 40.3 Å². The summed E-state index contributed by atoms with van der Waals surface area (Å²) in [4.78, 5) is 65.4. The molecule has 0 radical (unpaired) electrons. The minimum absolute atomic E-state index is 0.0231. The number of amides is 1. The molecule has 2 fully saturated rings. The van der Waals surface area contributed by atoms with Crippen molar-refractivity contribution in [3.8, 4) is 11.3 Å². The van der Waals surface area contributed by atoms with Gasteiger partial charge in [0.05, 0.1) is 22.1 Å². The molecule has 1 amide bonds. The van der Waals surface area contributed by atoms with Gasteiger partial charge in [-0.3, -0.25) is 24.1 Å². The average molecular weight is 546 g/mol. The van der Waals surface area contributed by atoms with E-state index in [1.807, 2.05) is 12.1 Å². The summed E-state index contributed by atoms with van der Waals surface area (Å²) >= 11 is 0. The monoisotopic (exact) mass is 545 g/mol. The second-order valence-electron chi connectivity index (χ2n) is 10.3. The van der Waals surface area contributed by atoms with Crippen LogP contribution in [-0.2, 0) is 9.53 Å². The zero-order chi connectivity index (χ0) is 27.8. The first kappa shape index (κ1) is 26.0. The molecule has 6 heterocycles. The Hall–Kier alpha value is -4.23. The number of likely N-dealkylation sites (N-methyl/N-ethyl adjacent to an activating group) is 1. The van der Waals surface area contributed by atoms with E-state index in [9.17, 15) is 14.4 Å². The lowest BCUT2D eigenvalue weighted by Gasteiger charge is -2.33. The molecule has 2 aliphatic heterocycles. The van der Waals surface area contributed by atoms with Gasteiger partial charge in [-0.15, -0.1) is 0 Å². The molecular formula is C27H31N9O4. The molecule has 0 atom stereocenters. The van der Waals surface area contributed by atoms with Crippen molar-refractivity contribution in [2.45, 2.75) is 18.9 Å². The largest absolute Gasteiger partial charge is 0.375 e. The molecule has 4 aromatic rings. The second-order valence-corrected chi connectivity index (χ2v) is 10.3. The molecule has 13 heteroatoms. The zero-order valence-corrected chi connectivity index (χ0v) is 22.5. The van der Waals surface area contributed by atoms with Gasteiger partial charge < -0.3 is 19.4 Å². The highest BCUT2D eigenvalue weighted by Crippen LogP contribution is 2.29. The first-order valence-electron chi connectivity index (χ1n) is 13.4. The highest BCUT2D eigenvalue weighted by molar-refractivity contribution is 6.01. The van der Waals surface area contributed by atoms with Crippen molar-refractivity contribution < 1.29 is 9.53 Å². The number of methoxy groups -OCH3 is 1. The Morgan fingerprint density at radius 2 is 1.73 bits per heavy atom. The number of carbonyl (C=O) groups excluding carboxylic acids is 1. The highest BCUT2D eigenvalue weighted by Gasteiger charge is 2.27. The summed E-state index contributed by atoms with van der Waals surface area (Å²) in [6, 6.07) is 3.44. The van der Waals surface area contributed by atoms with Gasteiger partial charge in [0.25, 0.3) is 5.56 Å². The van der Waals surface area contributed by atoms with Crippen molar-refractivity contribution in [1.82, 2.24) is 39.3 Å². The first-order chi connectivity index (χ1) is 19.4. The van der Waals surface area contributed by atoms with Gasteiger partial charge in [0.2, 0.25) is 11.9 Å². The number of pyridine rings is 2. The zero-order valence-electron chi connectivity index (χ0n) is 22.5. The third-order valence-electron chi connectivity index (χ3n) is 7.78. The van der Waals surface area contributed by atoms with Crippen molar-refractivity contribution >= 4 is 33.8 Å². The fourth-order valence-electron chi connectivity index (χ4n) is 5.51. The van der Waals surface area contributed by atoms with Crippen LogP contribution >= 0.6 is 0 Å². The minimum Gasteiger partial charge on any atom is -0.375 e. The predicted molar refractivity (Wildman–Crippen MR) is 149 cm³/mol. The number of hydrogen-bond acceptors (Lipinski definition) is 10. The van der Waals surface area contributed by atoms with E-state index in [4.69, 9.17) is 9.72 Å². The standard InChI is InChI=1S/C27H31N9O4/c1-33-9-11-35(12-10-33)26-29-13-17(14-30-26)20-3-4-21-23(31-20)24-19(15-28-21)25(38)32-27(39)36(24)18-5-7-34(8-6-18)22(37)16-40-2/h3-4,13-15,18H,5-12,16H2,1-2H3,(H,32,38,39). The van der Waals surface area contributed by atoms with Crippen LogP contribution in [0.5, 0.6) is 0 Å². The lowest BCUT2D eigenvalue weighted by Crippen LogP contribution is -2.45. The maximum absolute atomic E-state index is 13.2. The second kappa shape index (κ2) is 10.7. The topological polar surface area (TPSA) is 142 Å². The van der Waals surface area contributed by atoms with Crippen LogP contribution in [0.2, 0.25) is 0 Å². The van der Waals surface area contributed by atoms with E-state index in [2.05, 4.69) is 36.8 Å². The number of ether oxygens (including phenoxy) is 1. The van der Waals surface area contributed by atoms with Crippen LogP contribution in [0.3, 0.4) is 0 Å². The summed E-state index contributed by atoms with van der Waals surface area (Å²) in [6.07, 6.45) is 6.10. The number of rotatable bonds is 5. The van der Waals surface area contributed by atoms with Gasteiger partial charge in [-0.25, -0.2) is 19.7 Å². The normalized spacial score (nSPS) is 17.1. The van der Waals surface area contributed by atoms with E-state index in [-0.39, 0.29) is 23.9 Å². The van der Waals surface area contributed by atoms with Crippen molar-refractivity contribution in [2.75, 3.05) is 64.9 Å². The van der Waals surface area contributed by atoms with Gasteiger partial charge in [0.1, 0.15) is 12.1 Å². The minimum atomic E-state index is -0.509. The number of H-pyrrole nitrogens is 1. The fourth-order valence-corrected chi connectivity index (χ4v) is 5.51. The Bertz CT molecular complexity index is 1670. The first-order valence-corrected chi connectivity index (χ1v) is 13.4. The molecule has 1 N–H and O–H groups in total. The van der Waals surface area contributed by atoms with Gasteiger partial charge in [0.15, 0.2) is 0 Å². The SMILES string of the molecule is COCC(=O)N1CCC(n2c(=O)[nH]c(=O)c3cnc4ccc(-c5cnc(N6CCN(C)CC6)nc5)nc4c32)CC1. The predicted octanol–water partition coefficient (Wildman–Crippen LogP) is 0.652. The lowest BCUT2D eigenvalue weighted by atomic mass is 10.0. The maximum atomic E-state index is 13.2. The van der Waals surface area contributed by atoms with Crippen LogP contribution in [0, 0.1) is 0 Å². The number of anilines is 1. The third kappa shape index (κ3) is 4.82. The number of carbonyl (C=O) groups is 1. The number of fused-ring (bicyclic) bond motifs is 3. The average Bonchev–Trinajstić information content (AvgIpc) is 2.98. The number of piperidine rings is 1. The van der Waals surface area contributed by atoms with E-state index in [1.54, 1.807) is 21.9 Å². The van der Waals surface area contributed by atoms with Crippen LogP contribution < -0.4 is 16.1 Å². The van der Waals surface area contributed by atoms with E-state index in [0.29, 0.717) is 54.1 Å². The molecule has 40 heavy (non-hydrogen) atoms. The van der Waals surface area contributed by atoms with E-state index < -0.39 is 11.2 Å². The summed E-state index contributed by atoms with van der Waals surface area (Å²) in [7, 11) is 3.59. The molecule has 2 saturated heterocycles. The van der Waals surface area contributed by atoms with Crippen molar-refractivity contribution in [1.29, 1.82) is 0 Å². The van der Waals surface area contributed by atoms with Crippen LogP contribution in [0.4, 0.5) is 5.95 Å². The molecule has 0 aliphatic carbocycles. The van der Waals surface area contributed by atoms with E-state index in [1.165, 1.54) is 13.3 Å². The highest BCUT2D eigenvalue weighted by atomic mass is 16.5. The van der Waals surface area contributed by atoms with Crippen molar-refractivity contribution in [3.05, 3.63) is 51.6 Å². The molecule has 2 aliphatic rings. The fraction of sp³-hybridized carbons (Fsp3) is 0.444. The Kier molecular flexibility index (Phi) is 6.98. The Labute approximate surface area is 229 Å². The Balaban J connectivity index is 1.38. The summed E-state index contributed by atoms with van der Waals surface area (Å²) < 4.78 is 6.59. The van der Waals surface area contributed by atoms with Gasteiger partial charge in [0, 0.05) is 76.6 Å². The maximum Gasteiger partial charge on any atom is 0.329 e. The summed E-state index contributed by atoms with van der Waals surface area (Å²) in [5, 5.41) is 0.288. The van der Waals surface area contributed by atoms with E-state index >= 15 is 0 Å². The molecule has 0 spiro atoms. The number of hydrogen-bond donors (Lipinski definition) is 1. The summed E-state index contributed by atoms with van der Waals surface area (Å²) in [5.74, 6) is 0.599. The molecule has 0 unspecified atom stereocenters. The van der Waals surface area contributed by atoms with E-state index in [0.717, 1.165) is 31.7 Å². The van der Waals surface area contributed by atoms with Gasteiger partial charge in [-0.05, 0) is 32.0 Å². The third-order valence-corrected chi connectivity index (χ3v) is 7.78. The van der Waals surface area contributed by atoms with Crippen LogP contribution in [-0.4, -0.2) is 105 Å². The Morgan fingerprint density at radius 1 is 1.00 bits per heavy atom.